The predicted molar refractivity (Wildman–Crippen MR) is 126 cm³/mol. The summed E-state index contributed by atoms with van der Waals surface area (Å²) >= 11 is 0. The third-order valence-corrected chi connectivity index (χ3v) is 5.31. The fraction of sp³-hybridized carbons (Fsp3) is 0.333. The number of ether oxygens (including phenoxy) is 2. The number of aromatic amines is 1. The summed E-state index contributed by atoms with van der Waals surface area (Å²) in [5.74, 6) is 0.825. The molecule has 2 aromatic carbocycles. The average Bonchev–Trinajstić information content (AvgIpc) is 3.18. The monoisotopic (exact) mass is 458 g/mol. The molecular formula is C24H30N2O5S. The van der Waals surface area contributed by atoms with Crippen molar-refractivity contribution in [2.45, 2.75) is 38.9 Å². The lowest BCUT2D eigenvalue weighted by atomic mass is 10.1. The molecule has 3 N–H and O–H groups in total. The van der Waals surface area contributed by atoms with E-state index < -0.39 is 16.1 Å². The van der Waals surface area contributed by atoms with E-state index in [1.165, 1.54) is 0 Å². The van der Waals surface area contributed by atoms with E-state index in [4.69, 9.17) is 9.47 Å². The summed E-state index contributed by atoms with van der Waals surface area (Å²) in [6, 6.07) is 16.6. The van der Waals surface area contributed by atoms with Crippen molar-refractivity contribution in [3.8, 4) is 11.5 Å². The van der Waals surface area contributed by atoms with E-state index in [0.717, 1.165) is 35.9 Å². The Balaban J connectivity index is 1.63. The average molecular weight is 459 g/mol. The Bertz CT molecular complexity index is 1100. The van der Waals surface area contributed by atoms with Crippen molar-refractivity contribution >= 4 is 15.7 Å². The van der Waals surface area contributed by atoms with Gasteiger partial charge in [-0.25, -0.2) is 8.42 Å². The van der Waals surface area contributed by atoms with Crippen molar-refractivity contribution in [3.05, 3.63) is 77.6 Å². The van der Waals surface area contributed by atoms with E-state index in [1.807, 2.05) is 36.5 Å². The van der Waals surface area contributed by atoms with E-state index in [-0.39, 0.29) is 12.3 Å². The van der Waals surface area contributed by atoms with Gasteiger partial charge in [-0.15, -0.1) is 0 Å². The number of rotatable bonds is 12. The maximum Gasteiger partial charge on any atom is 0.229 e. The number of aliphatic hydroxyl groups is 1. The number of aromatic nitrogens is 1. The van der Waals surface area contributed by atoms with Crippen LogP contribution in [0.25, 0.3) is 0 Å². The molecule has 0 saturated carbocycles. The molecular weight excluding hydrogens is 428 g/mol. The van der Waals surface area contributed by atoms with Crippen LogP contribution in [0, 0.1) is 0 Å². The number of aryl methyl sites for hydroxylation is 1. The van der Waals surface area contributed by atoms with Crippen LogP contribution >= 0.6 is 0 Å². The zero-order valence-electron chi connectivity index (χ0n) is 18.4. The summed E-state index contributed by atoms with van der Waals surface area (Å²) in [6.07, 6.45) is 4.78. The van der Waals surface area contributed by atoms with E-state index in [2.05, 4.69) is 22.7 Å². The fourth-order valence-corrected chi connectivity index (χ4v) is 3.85. The molecule has 0 fully saturated rings. The minimum Gasteiger partial charge on any atom is -0.491 e. The summed E-state index contributed by atoms with van der Waals surface area (Å²) in [5.41, 5.74) is 3.42. The summed E-state index contributed by atoms with van der Waals surface area (Å²) in [5, 5.41) is 10.3. The summed E-state index contributed by atoms with van der Waals surface area (Å²) in [6.45, 7) is 2.50. The number of hydrogen-bond acceptors (Lipinski definition) is 5. The van der Waals surface area contributed by atoms with Gasteiger partial charge < -0.3 is 19.6 Å². The van der Waals surface area contributed by atoms with Gasteiger partial charge >= 0.3 is 0 Å². The first-order chi connectivity index (χ1) is 15.3. The Morgan fingerprint density at radius 3 is 2.56 bits per heavy atom. The first-order valence-corrected chi connectivity index (χ1v) is 12.5. The topological polar surface area (TPSA) is 101 Å². The van der Waals surface area contributed by atoms with Crippen LogP contribution in [0.5, 0.6) is 11.5 Å². The number of H-pyrrole nitrogens is 1. The van der Waals surface area contributed by atoms with Gasteiger partial charge in [-0.2, -0.15) is 0 Å². The molecule has 0 aliphatic carbocycles. The highest BCUT2D eigenvalue weighted by Crippen LogP contribution is 2.31. The maximum atomic E-state index is 11.8. The van der Waals surface area contributed by atoms with Crippen LogP contribution in [0.3, 0.4) is 0 Å². The molecule has 0 spiro atoms. The lowest BCUT2D eigenvalue weighted by Crippen LogP contribution is -2.20. The van der Waals surface area contributed by atoms with Crippen LogP contribution < -0.4 is 14.2 Å². The second-order valence-corrected chi connectivity index (χ2v) is 9.51. The van der Waals surface area contributed by atoms with Gasteiger partial charge in [0.25, 0.3) is 0 Å². The van der Waals surface area contributed by atoms with E-state index in [1.54, 1.807) is 18.2 Å². The van der Waals surface area contributed by atoms with Crippen molar-refractivity contribution < 1.29 is 23.0 Å². The number of benzene rings is 2. The highest BCUT2D eigenvalue weighted by Gasteiger charge is 2.13. The van der Waals surface area contributed by atoms with Gasteiger partial charge in [-0.3, -0.25) is 4.72 Å². The Labute approximate surface area is 189 Å². The predicted octanol–water partition coefficient (Wildman–Crippen LogP) is 3.90. The zero-order chi connectivity index (χ0) is 23.0. The van der Waals surface area contributed by atoms with Gasteiger partial charge in [0.2, 0.25) is 10.0 Å². The quantitative estimate of drug-likeness (QED) is 0.382. The van der Waals surface area contributed by atoms with Crippen LogP contribution in [0.1, 0.15) is 30.2 Å². The molecule has 0 radical (unpaired) electrons. The Morgan fingerprint density at radius 2 is 1.84 bits per heavy atom. The molecule has 8 heteroatoms. The van der Waals surface area contributed by atoms with Crippen molar-refractivity contribution in [1.29, 1.82) is 0 Å². The number of hydrogen-bond donors (Lipinski definition) is 3. The molecule has 172 valence electrons. The number of sulfonamides is 1. The van der Waals surface area contributed by atoms with Crippen LogP contribution in [0.2, 0.25) is 0 Å². The minimum absolute atomic E-state index is 0.0802. The van der Waals surface area contributed by atoms with E-state index >= 15 is 0 Å². The zero-order valence-corrected chi connectivity index (χ0v) is 19.2. The molecule has 1 heterocycles. The molecule has 0 bridgehead atoms. The van der Waals surface area contributed by atoms with Crippen LogP contribution in [0.4, 0.5) is 5.69 Å². The van der Waals surface area contributed by atoms with Gasteiger partial charge in [0.1, 0.15) is 24.7 Å². The molecule has 1 aromatic heterocycles. The van der Waals surface area contributed by atoms with Crippen molar-refractivity contribution in [2.75, 3.05) is 17.6 Å². The first kappa shape index (κ1) is 23.7. The highest BCUT2D eigenvalue weighted by atomic mass is 32.2. The number of nitrogens with one attached hydrogen (secondary N) is 2. The lowest BCUT2D eigenvalue weighted by molar-refractivity contribution is 0.108. The third-order valence-electron chi connectivity index (χ3n) is 4.72. The van der Waals surface area contributed by atoms with E-state index in [0.29, 0.717) is 24.5 Å². The van der Waals surface area contributed by atoms with Gasteiger partial charge in [0.15, 0.2) is 0 Å². The molecule has 1 unspecified atom stereocenters. The van der Waals surface area contributed by atoms with Crippen molar-refractivity contribution in [1.82, 2.24) is 4.98 Å². The van der Waals surface area contributed by atoms with Gasteiger partial charge in [0, 0.05) is 24.4 Å². The fourth-order valence-electron chi connectivity index (χ4n) is 3.29. The number of anilines is 1. The second-order valence-electron chi connectivity index (χ2n) is 7.76. The maximum absolute atomic E-state index is 11.8. The second kappa shape index (κ2) is 11.1. The first-order valence-electron chi connectivity index (χ1n) is 10.6. The SMILES string of the molecule is CCCc1cc(CC(O)COc2ccc(OCc3ccccc3)c(NS(C)(=O)=O)c2)c[nH]1. The van der Waals surface area contributed by atoms with E-state index in [9.17, 15) is 13.5 Å². The Hall–Kier alpha value is -2.97. The summed E-state index contributed by atoms with van der Waals surface area (Å²) < 4.78 is 37.6. The molecule has 0 amide bonds. The van der Waals surface area contributed by atoms with Gasteiger partial charge in [0.05, 0.1) is 18.0 Å². The Morgan fingerprint density at radius 1 is 1.06 bits per heavy atom. The van der Waals surface area contributed by atoms with Crippen LogP contribution in [0.15, 0.2) is 60.8 Å². The summed E-state index contributed by atoms with van der Waals surface area (Å²) in [4.78, 5) is 3.21. The minimum atomic E-state index is -3.51. The smallest absolute Gasteiger partial charge is 0.229 e. The largest absolute Gasteiger partial charge is 0.491 e. The lowest BCUT2D eigenvalue weighted by Gasteiger charge is -2.16. The standard InChI is InChI=1S/C24H30N2O5S/c1-3-7-20-12-19(15-25-20)13-21(27)17-30-22-10-11-24(23(14-22)26-32(2,28)29)31-16-18-8-5-4-6-9-18/h4-6,8-12,14-15,21,25-27H,3,7,13,16-17H2,1-2H3. The molecule has 3 rings (SSSR count). The van der Waals surface area contributed by atoms with Gasteiger partial charge in [-0.05, 0) is 35.7 Å². The molecule has 32 heavy (non-hydrogen) atoms. The molecule has 3 aromatic rings. The molecule has 1 atom stereocenters. The van der Waals surface area contributed by atoms with Crippen LogP contribution in [-0.2, 0) is 29.5 Å². The van der Waals surface area contributed by atoms with Crippen molar-refractivity contribution in [2.24, 2.45) is 0 Å². The molecule has 0 aliphatic heterocycles. The normalized spacial score (nSPS) is 12.3. The van der Waals surface area contributed by atoms with Gasteiger partial charge in [-0.1, -0.05) is 43.7 Å². The highest BCUT2D eigenvalue weighted by molar-refractivity contribution is 7.92. The van der Waals surface area contributed by atoms with Crippen LogP contribution in [-0.4, -0.2) is 37.5 Å². The summed E-state index contributed by atoms with van der Waals surface area (Å²) in [7, 11) is -3.51. The van der Waals surface area contributed by atoms with Crippen molar-refractivity contribution in [3.63, 3.8) is 0 Å². The third kappa shape index (κ3) is 7.62. The Kier molecular flexibility index (Phi) is 8.19. The molecule has 0 saturated heterocycles. The molecule has 0 aliphatic rings. The molecule has 7 nitrogen and oxygen atoms in total. The number of aliphatic hydroxyl groups excluding tert-OH is 1.